The summed E-state index contributed by atoms with van der Waals surface area (Å²) in [6.07, 6.45) is 0.193. The second-order valence-electron chi connectivity index (χ2n) is 7.47. The van der Waals surface area contributed by atoms with Crippen LogP contribution in [0.2, 0.25) is 0 Å². The number of esters is 2. The maximum absolute atomic E-state index is 12.4. The first-order chi connectivity index (χ1) is 15.9. The van der Waals surface area contributed by atoms with Crippen LogP contribution in [0.25, 0.3) is 0 Å². The van der Waals surface area contributed by atoms with Crippen molar-refractivity contribution in [2.45, 2.75) is 51.7 Å². The van der Waals surface area contributed by atoms with Crippen LogP contribution in [0.3, 0.4) is 0 Å². The van der Waals surface area contributed by atoms with E-state index in [1.165, 1.54) is 14.2 Å². The standard InChI is InChI=1S/C22H32N2O9/c1-5-7-9-23-21(27)31-11-13-14(12-32-22(28)24-10-8-6-2)18-16(20(26)30-4)15(17(13)33-18)19(25)29-3/h17-18H,5-12H2,1-4H3,(H,23,27)(H,24,28)/t17-,18-/m1/s1. The van der Waals surface area contributed by atoms with Gasteiger partial charge in [-0.05, 0) is 12.8 Å². The van der Waals surface area contributed by atoms with Gasteiger partial charge in [0.1, 0.15) is 25.4 Å². The molecule has 0 unspecified atom stereocenters. The Morgan fingerprint density at radius 3 is 1.48 bits per heavy atom. The molecule has 0 saturated heterocycles. The second kappa shape index (κ2) is 12.8. The maximum Gasteiger partial charge on any atom is 0.407 e. The first-order valence-electron chi connectivity index (χ1n) is 11.0. The van der Waals surface area contributed by atoms with Crippen LogP contribution in [0.15, 0.2) is 22.3 Å². The molecule has 11 heteroatoms. The molecule has 2 heterocycles. The number of carbonyl (C=O) groups is 4. The zero-order valence-corrected chi connectivity index (χ0v) is 19.5. The first kappa shape index (κ1) is 26.2. The molecule has 0 radical (unpaired) electrons. The SMILES string of the molecule is CCCCNC(=O)OCC1=C(COC(=O)NCCCC)[C@H]2O[C@H]1C(C(=O)OC)=C2C(=O)OC. The zero-order chi connectivity index (χ0) is 24.4. The molecule has 2 aliphatic rings. The number of rotatable bonds is 12. The molecular formula is C22H32N2O9. The molecule has 0 aliphatic carbocycles. The topological polar surface area (TPSA) is 138 Å². The average Bonchev–Trinajstić information content (AvgIpc) is 3.36. The highest BCUT2D eigenvalue weighted by atomic mass is 16.6. The van der Waals surface area contributed by atoms with Crippen molar-refractivity contribution in [3.05, 3.63) is 22.3 Å². The van der Waals surface area contributed by atoms with E-state index in [1.807, 2.05) is 13.8 Å². The van der Waals surface area contributed by atoms with E-state index in [4.69, 9.17) is 23.7 Å². The fourth-order valence-corrected chi connectivity index (χ4v) is 3.52. The van der Waals surface area contributed by atoms with E-state index in [9.17, 15) is 19.2 Å². The van der Waals surface area contributed by atoms with Crippen molar-refractivity contribution in [1.82, 2.24) is 10.6 Å². The molecule has 0 fully saturated rings. The van der Waals surface area contributed by atoms with Gasteiger partial charge in [0.05, 0.1) is 25.4 Å². The van der Waals surface area contributed by atoms with E-state index >= 15 is 0 Å². The maximum atomic E-state index is 12.4. The molecule has 33 heavy (non-hydrogen) atoms. The summed E-state index contributed by atoms with van der Waals surface area (Å²) in [4.78, 5) is 48.9. The van der Waals surface area contributed by atoms with Crippen LogP contribution in [-0.4, -0.2) is 76.9 Å². The minimum Gasteiger partial charge on any atom is -0.466 e. The fourth-order valence-electron chi connectivity index (χ4n) is 3.52. The smallest absolute Gasteiger partial charge is 0.407 e. The number of hydrogen-bond acceptors (Lipinski definition) is 9. The Labute approximate surface area is 192 Å². The van der Waals surface area contributed by atoms with Crippen molar-refractivity contribution < 1.29 is 42.9 Å². The monoisotopic (exact) mass is 468 g/mol. The second-order valence-corrected chi connectivity index (χ2v) is 7.47. The van der Waals surface area contributed by atoms with Crippen molar-refractivity contribution in [2.24, 2.45) is 0 Å². The van der Waals surface area contributed by atoms with Crippen LogP contribution in [-0.2, 0) is 33.3 Å². The largest absolute Gasteiger partial charge is 0.466 e. The van der Waals surface area contributed by atoms with Gasteiger partial charge in [-0.3, -0.25) is 0 Å². The van der Waals surface area contributed by atoms with Crippen molar-refractivity contribution >= 4 is 24.1 Å². The highest BCUT2D eigenvalue weighted by molar-refractivity contribution is 6.04. The van der Waals surface area contributed by atoms with Crippen LogP contribution < -0.4 is 10.6 Å². The summed E-state index contributed by atoms with van der Waals surface area (Å²) in [6, 6.07) is 0. The molecule has 2 amide bonds. The summed E-state index contributed by atoms with van der Waals surface area (Å²) in [6.45, 7) is 4.48. The number of nitrogens with one attached hydrogen (secondary N) is 2. The number of methoxy groups -OCH3 is 2. The van der Waals surface area contributed by atoms with E-state index in [-0.39, 0.29) is 24.4 Å². The number of carbonyl (C=O) groups excluding carboxylic acids is 4. The molecule has 2 N–H and O–H groups in total. The molecule has 2 bridgehead atoms. The third-order valence-electron chi connectivity index (χ3n) is 5.26. The van der Waals surface area contributed by atoms with E-state index in [0.29, 0.717) is 24.2 Å². The van der Waals surface area contributed by atoms with E-state index in [0.717, 1.165) is 25.7 Å². The minimum absolute atomic E-state index is 0.0181. The molecular weight excluding hydrogens is 436 g/mol. The van der Waals surface area contributed by atoms with Gasteiger partial charge in [0.25, 0.3) is 0 Å². The molecule has 0 spiro atoms. The highest BCUT2D eigenvalue weighted by Crippen LogP contribution is 2.44. The summed E-state index contributed by atoms with van der Waals surface area (Å²) in [5.41, 5.74) is 0.797. The van der Waals surface area contributed by atoms with Crippen molar-refractivity contribution in [2.75, 3.05) is 40.5 Å². The molecule has 0 aromatic rings. The Balaban J connectivity index is 2.22. The van der Waals surface area contributed by atoms with Crippen LogP contribution in [0, 0.1) is 0 Å². The van der Waals surface area contributed by atoms with Gasteiger partial charge < -0.3 is 34.3 Å². The van der Waals surface area contributed by atoms with Gasteiger partial charge in [-0.25, -0.2) is 19.2 Å². The Morgan fingerprint density at radius 1 is 0.758 bits per heavy atom. The van der Waals surface area contributed by atoms with Crippen LogP contribution >= 0.6 is 0 Å². The van der Waals surface area contributed by atoms with Crippen LogP contribution in [0.4, 0.5) is 9.59 Å². The zero-order valence-electron chi connectivity index (χ0n) is 19.5. The molecule has 184 valence electrons. The molecule has 0 saturated carbocycles. The molecule has 2 aliphatic heterocycles. The lowest BCUT2D eigenvalue weighted by molar-refractivity contribution is -0.139. The Kier molecular flexibility index (Phi) is 10.2. The third-order valence-corrected chi connectivity index (χ3v) is 5.26. The van der Waals surface area contributed by atoms with E-state index in [2.05, 4.69) is 10.6 Å². The highest BCUT2D eigenvalue weighted by Gasteiger charge is 2.52. The molecule has 0 aromatic carbocycles. The van der Waals surface area contributed by atoms with Crippen molar-refractivity contribution in [3.8, 4) is 0 Å². The Morgan fingerprint density at radius 2 is 1.15 bits per heavy atom. The lowest BCUT2D eigenvalue weighted by Gasteiger charge is -2.20. The van der Waals surface area contributed by atoms with Crippen molar-refractivity contribution in [3.63, 3.8) is 0 Å². The summed E-state index contributed by atoms with van der Waals surface area (Å²) in [5, 5.41) is 5.26. The van der Waals surface area contributed by atoms with Crippen LogP contribution in [0.5, 0.6) is 0 Å². The summed E-state index contributed by atoms with van der Waals surface area (Å²) < 4.78 is 26.1. The predicted molar refractivity (Wildman–Crippen MR) is 115 cm³/mol. The Hall–Kier alpha value is -3.08. The number of ether oxygens (including phenoxy) is 5. The molecule has 11 nitrogen and oxygen atoms in total. The number of unbranched alkanes of at least 4 members (excludes halogenated alkanes) is 2. The molecule has 2 atom stereocenters. The normalized spacial score (nSPS) is 18.8. The van der Waals surface area contributed by atoms with Gasteiger partial charge in [-0.15, -0.1) is 0 Å². The lowest BCUT2D eigenvalue weighted by atomic mass is 9.86. The number of fused-ring (bicyclic) bond motifs is 2. The fraction of sp³-hybridized carbons (Fsp3) is 0.636. The number of hydrogen-bond donors (Lipinski definition) is 2. The van der Waals surface area contributed by atoms with Gasteiger partial charge in [-0.2, -0.15) is 0 Å². The average molecular weight is 469 g/mol. The van der Waals surface area contributed by atoms with E-state index < -0.39 is 36.3 Å². The van der Waals surface area contributed by atoms with Gasteiger partial charge in [0.15, 0.2) is 0 Å². The summed E-state index contributed by atoms with van der Waals surface area (Å²) in [7, 11) is 2.36. The van der Waals surface area contributed by atoms with Gasteiger partial charge in [-0.1, -0.05) is 26.7 Å². The molecule has 2 rings (SSSR count). The quantitative estimate of drug-likeness (QED) is 0.190. The van der Waals surface area contributed by atoms with E-state index in [1.54, 1.807) is 0 Å². The Bertz CT molecular complexity index is 755. The van der Waals surface area contributed by atoms with Gasteiger partial charge >= 0.3 is 24.1 Å². The third kappa shape index (κ3) is 6.47. The lowest BCUT2D eigenvalue weighted by Crippen LogP contribution is -2.32. The van der Waals surface area contributed by atoms with Crippen molar-refractivity contribution in [1.29, 1.82) is 0 Å². The minimum atomic E-state index is -0.984. The van der Waals surface area contributed by atoms with Gasteiger partial charge in [0.2, 0.25) is 0 Å². The van der Waals surface area contributed by atoms with Crippen LogP contribution in [0.1, 0.15) is 39.5 Å². The first-order valence-corrected chi connectivity index (χ1v) is 11.0. The predicted octanol–water partition coefficient (Wildman–Crippen LogP) is 1.76. The summed E-state index contributed by atoms with van der Waals surface area (Å²) in [5.74, 6) is -1.52. The van der Waals surface area contributed by atoms with Gasteiger partial charge in [0, 0.05) is 24.2 Å². The summed E-state index contributed by atoms with van der Waals surface area (Å²) >= 11 is 0. The number of amides is 2. The molecule has 0 aromatic heterocycles. The number of alkyl carbamates (subject to hydrolysis) is 2.